The Kier molecular flexibility index (Phi) is 7.30. The zero-order valence-electron chi connectivity index (χ0n) is 16.6. The highest BCUT2D eigenvalue weighted by atomic mass is 32.1. The van der Waals surface area contributed by atoms with Crippen LogP contribution in [0.1, 0.15) is 12.0 Å². The molecule has 31 heavy (non-hydrogen) atoms. The van der Waals surface area contributed by atoms with Gasteiger partial charge in [-0.15, -0.1) is 11.3 Å². The number of carbonyl (C=O) groups excluding carboxylic acids is 1. The molecule has 0 unspecified atom stereocenters. The molecule has 1 atom stereocenters. The number of nitrogens with zero attached hydrogens (tertiary/aromatic N) is 2. The average Bonchev–Trinajstić information content (AvgIpc) is 3.22. The number of amides is 1. The van der Waals surface area contributed by atoms with Gasteiger partial charge in [0, 0.05) is 18.0 Å². The Balaban J connectivity index is 1.82. The molecule has 0 saturated carbocycles. The van der Waals surface area contributed by atoms with Gasteiger partial charge >= 0.3 is 12.6 Å². The van der Waals surface area contributed by atoms with E-state index in [1.807, 2.05) is 30.3 Å². The lowest BCUT2D eigenvalue weighted by molar-refractivity contribution is -0.140. The Labute approximate surface area is 181 Å². The molecule has 6 nitrogen and oxygen atoms in total. The van der Waals surface area contributed by atoms with Crippen LogP contribution in [0.25, 0.3) is 11.3 Å². The Morgan fingerprint density at radius 2 is 1.81 bits per heavy atom. The topological polar surface area (TPSA) is 79.7 Å². The van der Waals surface area contributed by atoms with Crippen LogP contribution in [0.15, 0.2) is 60.0 Å². The number of carboxylic acid groups (broad SMARTS) is 1. The van der Waals surface area contributed by atoms with Gasteiger partial charge in [-0.25, -0.2) is 4.98 Å². The number of para-hydroxylation sites is 1. The van der Waals surface area contributed by atoms with E-state index in [1.54, 1.807) is 23.6 Å². The smallest absolute Gasteiger partial charge is 0.387 e. The third kappa shape index (κ3) is 5.85. The molecule has 0 bridgehead atoms. The Morgan fingerprint density at radius 1 is 1.13 bits per heavy atom. The molecule has 0 aliphatic carbocycles. The van der Waals surface area contributed by atoms with Crippen LogP contribution in [0, 0.1) is 5.92 Å². The van der Waals surface area contributed by atoms with Gasteiger partial charge in [-0.1, -0.05) is 42.5 Å². The second kappa shape index (κ2) is 10.1. The molecule has 2 aromatic carbocycles. The molecule has 1 amide bonds. The molecule has 0 saturated heterocycles. The van der Waals surface area contributed by atoms with Gasteiger partial charge in [0.1, 0.15) is 5.75 Å². The summed E-state index contributed by atoms with van der Waals surface area (Å²) in [6.45, 7) is -2.97. The number of rotatable bonds is 9. The Bertz CT molecular complexity index is 1040. The first-order valence-corrected chi connectivity index (χ1v) is 10.3. The first kappa shape index (κ1) is 22.4. The predicted molar refractivity (Wildman–Crippen MR) is 113 cm³/mol. The van der Waals surface area contributed by atoms with Gasteiger partial charge in [0.25, 0.3) is 0 Å². The van der Waals surface area contributed by atoms with Crippen LogP contribution in [0.5, 0.6) is 5.75 Å². The number of halogens is 2. The second-order valence-corrected chi connectivity index (χ2v) is 7.61. The van der Waals surface area contributed by atoms with Gasteiger partial charge in [-0.2, -0.15) is 8.78 Å². The molecule has 9 heteroatoms. The van der Waals surface area contributed by atoms with E-state index in [0.29, 0.717) is 16.4 Å². The van der Waals surface area contributed by atoms with Crippen LogP contribution in [-0.4, -0.2) is 35.6 Å². The first-order chi connectivity index (χ1) is 14.8. The van der Waals surface area contributed by atoms with Crippen molar-refractivity contribution in [3.05, 3.63) is 65.5 Å². The minimum Gasteiger partial charge on any atom is -0.481 e. The van der Waals surface area contributed by atoms with Gasteiger partial charge in [0.2, 0.25) is 5.91 Å². The predicted octanol–water partition coefficient (Wildman–Crippen LogP) is 4.71. The number of aromatic nitrogens is 1. The summed E-state index contributed by atoms with van der Waals surface area (Å²) < 4.78 is 29.9. The van der Waals surface area contributed by atoms with E-state index in [0.717, 1.165) is 16.9 Å². The summed E-state index contributed by atoms with van der Waals surface area (Å²) in [4.78, 5) is 30.1. The zero-order valence-corrected chi connectivity index (χ0v) is 17.4. The summed E-state index contributed by atoms with van der Waals surface area (Å²) in [5.74, 6) is -2.24. The lowest BCUT2D eigenvalue weighted by Gasteiger charge is -2.21. The molecule has 3 rings (SSSR count). The minimum atomic E-state index is -2.97. The molecule has 0 aliphatic heterocycles. The van der Waals surface area contributed by atoms with E-state index >= 15 is 0 Å². The SMILES string of the molecule is CN(C(=O)[C@@H](CC(=O)O)Cc1ccccc1)c1nc(-c2ccccc2OC(F)F)cs1. The summed E-state index contributed by atoms with van der Waals surface area (Å²) in [5, 5.41) is 11.2. The maximum Gasteiger partial charge on any atom is 0.387 e. The highest BCUT2D eigenvalue weighted by Crippen LogP contribution is 2.34. The maximum atomic E-state index is 13.0. The molecule has 0 aliphatic rings. The molecule has 1 aromatic heterocycles. The van der Waals surface area contributed by atoms with Crippen molar-refractivity contribution in [1.82, 2.24) is 4.98 Å². The fourth-order valence-electron chi connectivity index (χ4n) is 3.14. The van der Waals surface area contributed by atoms with Gasteiger partial charge in [-0.3, -0.25) is 14.5 Å². The molecule has 3 aromatic rings. The Morgan fingerprint density at radius 3 is 2.48 bits per heavy atom. The number of anilines is 1. The van der Waals surface area contributed by atoms with Crippen molar-refractivity contribution >= 4 is 28.3 Å². The fraction of sp³-hybridized carbons (Fsp3) is 0.227. The van der Waals surface area contributed by atoms with Gasteiger partial charge in [-0.05, 0) is 24.1 Å². The van der Waals surface area contributed by atoms with Crippen molar-refractivity contribution in [2.75, 3.05) is 11.9 Å². The third-order valence-corrected chi connectivity index (χ3v) is 5.50. The van der Waals surface area contributed by atoms with Crippen LogP contribution in [-0.2, 0) is 16.0 Å². The number of benzene rings is 2. The van der Waals surface area contributed by atoms with Crippen LogP contribution in [0.3, 0.4) is 0 Å². The lowest BCUT2D eigenvalue weighted by atomic mass is 9.95. The van der Waals surface area contributed by atoms with Gasteiger partial charge < -0.3 is 9.84 Å². The Hall–Kier alpha value is -3.33. The third-order valence-electron chi connectivity index (χ3n) is 4.58. The molecule has 0 fully saturated rings. The molecular formula is C22H20F2N2O4S. The van der Waals surface area contributed by atoms with Crippen LogP contribution in [0.4, 0.5) is 13.9 Å². The normalized spacial score (nSPS) is 11.9. The van der Waals surface area contributed by atoms with Gasteiger partial charge in [0.05, 0.1) is 18.0 Å². The molecule has 162 valence electrons. The summed E-state index contributed by atoms with van der Waals surface area (Å²) in [7, 11) is 1.52. The van der Waals surface area contributed by atoms with E-state index in [1.165, 1.54) is 18.0 Å². The van der Waals surface area contributed by atoms with E-state index < -0.39 is 18.5 Å². The van der Waals surface area contributed by atoms with E-state index in [9.17, 15) is 23.5 Å². The number of ether oxygens (including phenoxy) is 1. The van der Waals surface area contributed by atoms with Crippen molar-refractivity contribution in [3.8, 4) is 17.0 Å². The van der Waals surface area contributed by atoms with E-state index in [4.69, 9.17) is 0 Å². The largest absolute Gasteiger partial charge is 0.481 e. The van der Waals surface area contributed by atoms with Crippen molar-refractivity contribution in [2.24, 2.45) is 5.92 Å². The highest BCUT2D eigenvalue weighted by Gasteiger charge is 2.27. The summed E-state index contributed by atoms with van der Waals surface area (Å²) in [6.07, 6.45) is -0.0407. The number of alkyl halides is 2. The average molecular weight is 446 g/mol. The van der Waals surface area contributed by atoms with Gasteiger partial charge in [0.15, 0.2) is 5.13 Å². The summed E-state index contributed by atoms with van der Waals surface area (Å²) in [6, 6.07) is 15.4. The fourth-order valence-corrected chi connectivity index (χ4v) is 3.94. The number of hydrogen-bond acceptors (Lipinski definition) is 5. The number of aliphatic carboxylic acids is 1. The highest BCUT2D eigenvalue weighted by molar-refractivity contribution is 7.14. The minimum absolute atomic E-state index is 0.0174. The monoisotopic (exact) mass is 446 g/mol. The molecule has 1 N–H and O–H groups in total. The quantitative estimate of drug-likeness (QED) is 0.515. The molecular weight excluding hydrogens is 426 g/mol. The van der Waals surface area contributed by atoms with Crippen molar-refractivity contribution in [3.63, 3.8) is 0 Å². The zero-order chi connectivity index (χ0) is 22.4. The van der Waals surface area contributed by atoms with Crippen molar-refractivity contribution in [1.29, 1.82) is 0 Å². The standard InChI is InChI=1S/C22H20F2N2O4S/c1-26(20(29)15(12-19(27)28)11-14-7-3-2-4-8-14)22-25-17(13-31-22)16-9-5-6-10-18(16)30-21(23)24/h2-10,13,15,21H,11-12H2,1H3,(H,27,28)/t15-/m1/s1. The van der Waals surface area contributed by atoms with E-state index in [-0.39, 0.29) is 24.5 Å². The number of carbonyl (C=O) groups is 2. The van der Waals surface area contributed by atoms with Crippen molar-refractivity contribution < 1.29 is 28.2 Å². The first-order valence-electron chi connectivity index (χ1n) is 9.38. The molecule has 0 spiro atoms. The maximum absolute atomic E-state index is 13.0. The summed E-state index contributed by atoms with van der Waals surface area (Å²) in [5.41, 5.74) is 1.61. The van der Waals surface area contributed by atoms with Crippen molar-refractivity contribution in [2.45, 2.75) is 19.5 Å². The molecule has 0 radical (unpaired) electrons. The van der Waals surface area contributed by atoms with E-state index in [2.05, 4.69) is 9.72 Å². The summed E-state index contributed by atoms with van der Waals surface area (Å²) >= 11 is 1.15. The number of hydrogen-bond donors (Lipinski definition) is 1. The number of carboxylic acids is 1. The molecule has 1 heterocycles. The van der Waals surface area contributed by atoms with Crippen LogP contribution >= 0.6 is 11.3 Å². The van der Waals surface area contributed by atoms with Crippen LogP contribution < -0.4 is 9.64 Å². The number of thiazole rings is 1. The van der Waals surface area contributed by atoms with Crippen LogP contribution in [0.2, 0.25) is 0 Å². The lowest BCUT2D eigenvalue weighted by Crippen LogP contribution is -2.35. The second-order valence-electron chi connectivity index (χ2n) is 6.77.